The molecule has 0 aliphatic rings. The number of pyridine rings is 1. The lowest BCUT2D eigenvalue weighted by molar-refractivity contribution is 0.589. The molecule has 192 valence electrons. The van der Waals surface area contributed by atoms with Crippen LogP contribution in [0.4, 0.5) is 19.0 Å². The lowest BCUT2D eigenvalue weighted by Gasteiger charge is -2.14. The first-order valence-corrected chi connectivity index (χ1v) is 14.1. The van der Waals surface area contributed by atoms with Crippen molar-refractivity contribution < 1.29 is 17.4 Å². The van der Waals surface area contributed by atoms with Crippen molar-refractivity contribution in [3.63, 3.8) is 0 Å². The summed E-state index contributed by atoms with van der Waals surface area (Å²) in [6, 6.07) is 21.8. The molecule has 0 aliphatic carbocycles. The van der Waals surface area contributed by atoms with E-state index in [1.165, 1.54) is 24.4 Å². The zero-order valence-corrected chi connectivity index (χ0v) is 22.1. The van der Waals surface area contributed by atoms with Crippen LogP contribution in [0, 0.1) is 17.5 Å². The van der Waals surface area contributed by atoms with Crippen molar-refractivity contribution in [2.45, 2.75) is 24.0 Å². The largest absolute Gasteiger partial charge is 0.244 e. The minimum Gasteiger partial charge on any atom is -0.244 e. The Morgan fingerprint density at radius 1 is 0.842 bits per heavy atom. The first-order valence-electron chi connectivity index (χ1n) is 11.7. The second-order valence-electron chi connectivity index (χ2n) is 8.73. The highest BCUT2D eigenvalue weighted by Gasteiger charge is 2.22. The van der Waals surface area contributed by atoms with Gasteiger partial charge in [0.15, 0.2) is 5.82 Å². The highest BCUT2D eigenvalue weighted by atomic mass is 32.2. The van der Waals surface area contributed by atoms with E-state index in [0.717, 1.165) is 23.5 Å². The van der Waals surface area contributed by atoms with E-state index in [4.69, 9.17) is 0 Å². The summed E-state index contributed by atoms with van der Waals surface area (Å²) in [4.78, 5) is 10.00. The van der Waals surface area contributed by atoms with Crippen LogP contribution in [-0.4, -0.2) is 19.4 Å². The van der Waals surface area contributed by atoms with Crippen LogP contribution >= 0.6 is 11.3 Å². The number of benzene rings is 3. The molecule has 0 amide bonds. The fourth-order valence-electron chi connectivity index (χ4n) is 3.95. The summed E-state index contributed by atoms with van der Waals surface area (Å²) in [7, 11) is -2.85. The van der Waals surface area contributed by atoms with Crippen molar-refractivity contribution in [1.29, 1.82) is 0 Å². The van der Waals surface area contributed by atoms with Gasteiger partial charge >= 0.3 is 0 Å². The Morgan fingerprint density at radius 2 is 1.55 bits per heavy atom. The molecule has 0 saturated carbocycles. The molecule has 0 spiro atoms. The molecular formula is C29H22F3N3OS2. The maximum Gasteiger partial charge on any atom is 0.162 e. The highest BCUT2D eigenvalue weighted by molar-refractivity contribution is 7.94. The standard InChI is InChI=1S/C29H22F3N3OS2/c1-18(2)38(36,22-10-4-3-5-11-22)35-25-17-20(14-15-33-25)28-27(19-8-6-9-21(30)16-19)34-29(37-28)26-23(31)12-7-13-24(26)32/h3-18H,1-2H3. The third-order valence-corrected chi connectivity index (χ3v) is 9.66. The zero-order valence-electron chi connectivity index (χ0n) is 20.4. The van der Waals surface area contributed by atoms with Crippen LogP contribution in [0.1, 0.15) is 13.8 Å². The van der Waals surface area contributed by atoms with Crippen LogP contribution in [0.25, 0.3) is 32.3 Å². The molecule has 0 saturated heterocycles. The quantitative estimate of drug-likeness (QED) is 0.213. The van der Waals surface area contributed by atoms with E-state index < -0.39 is 27.2 Å². The minimum atomic E-state index is -2.85. The molecule has 0 N–H and O–H groups in total. The van der Waals surface area contributed by atoms with Crippen LogP contribution in [0.3, 0.4) is 0 Å². The number of aromatic nitrogens is 2. The molecule has 5 rings (SSSR count). The van der Waals surface area contributed by atoms with Gasteiger partial charge in [0.05, 0.1) is 25.9 Å². The van der Waals surface area contributed by atoms with Crippen molar-refractivity contribution in [3.8, 4) is 32.3 Å². The summed E-state index contributed by atoms with van der Waals surface area (Å²) in [5.41, 5.74) is 1.14. The van der Waals surface area contributed by atoms with Gasteiger partial charge in [-0.3, -0.25) is 0 Å². The fourth-order valence-corrected chi connectivity index (χ4v) is 6.87. The predicted octanol–water partition coefficient (Wildman–Crippen LogP) is 8.52. The molecule has 0 aliphatic heterocycles. The summed E-state index contributed by atoms with van der Waals surface area (Å²) in [6.07, 6.45) is 1.53. The normalized spacial score (nSPS) is 12.9. The van der Waals surface area contributed by atoms with Crippen LogP contribution in [0.15, 0.2) is 100 Å². The molecule has 4 nitrogen and oxygen atoms in total. The SMILES string of the molecule is CC(C)S(=O)(=Nc1cc(-c2sc(-c3c(F)cccc3F)nc2-c2cccc(F)c2)ccn1)c1ccccc1. The van der Waals surface area contributed by atoms with Gasteiger partial charge in [-0.1, -0.05) is 36.4 Å². The molecular weight excluding hydrogens is 527 g/mol. The van der Waals surface area contributed by atoms with Crippen molar-refractivity contribution in [1.82, 2.24) is 9.97 Å². The lowest BCUT2D eigenvalue weighted by Crippen LogP contribution is -2.13. The summed E-state index contributed by atoms with van der Waals surface area (Å²) < 4.78 is 61.9. The Morgan fingerprint density at radius 3 is 2.24 bits per heavy atom. The Hall–Kier alpha value is -3.82. The second kappa shape index (κ2) is 10.5. The summed E-state index contributed by atoms with van der Waals surface area (Å²) in [5, 5.41) is -0.183. The van der Waals surface area contributed by atoms with Gasteiger partial charge in [-0.15, -0.1) is 11.3 Å². The highest BCUT2D eigenvalue weighted by Crippen LogP contribution is 2.42. The second-order valence-corrected chi connectivity index (χ2v) is 12.5. The van der Waals surface area contributed by atoms with Crippen LogP contribution in [0.5, 0.6) is 0 Å². The smallest absolute Gasteiger partial charge is 0.162 e. The number of nitrogens with zero attached hydrogens (tertiary/aromatic N) is 3. The van der Waals surface area contributed by atoms with Crippen molar-refractivity contribution >= 4 is 26.9 Å². The maximum atomic E-state index is 14.6. The van der Waals surface area contributed by atoms with E-state index in [0.29, 0.717) is 26.6 Å². The van der Waals surface area contributed by atoms with E-state index in [1.54, 1.807) is 36.4 Å². The van der Waals surface area contributed by atoms with Crippen molar-refractivity contribution in [3.05, 3.63) is 109 Å². The summed E-state index contributed by atoms with van der Waals surface area (Å²) in [6.45, 7) is 3.67. The van der Waals surface area contributed by atoms with Crippen molar-refractivity contribution in [2.24, 2.45) is 4.36 Å². The Labute approximate surface area is 223 Å². The molecule has 38 heavy (non-hydrogen) atoms. The molecule has 9 heteroatoms. The summed E-state index contributed by atoms with van der Waals surface area (Å²) >= 11 is 1.07. The molecule has 0 fully saturated rings. The van der Waals surface area contributed by atoms with Gasteiger partial charge in [0.1, 0.15) is 22.5 Å². The number of hydrogen-bond acceptors (Lipinski definition) is 5. The van der Waals surface area contributed by atoms with E-state index >= 15 is 0 Å². The van der Waals surface area contributed by atoms with Crippen LogP contribution in [-0.2, 0) is 9.73 Å². The predicted molar refractivity (Wildman–Crippen MR) is 146 cm³/mol. The zero-order chi connectivity index (χ0) is 26.9. The topological polar surface area (TPSA) is 55.2 Å². The number of rotatable bonds is 6. The molecule has 0 radical (unpaired) electrons. The number of thiazole rings is 1. The van der Waals surface area contributed by atoms with Gasteiger partial charge in [0.25, 0.3) is 0 Å². The number of hydrogen-bond donors (Lipinski definition) is 0. The minimum absolute atomic E-state index is 0.112. The monoisotopic (exact) mass is 549 g/mol. The Balaban J connectivity index is 1.70. The summed E-state index contributed by atoms with van der Waals surface area (Å²) in [5.74, 6) is -1.73. The third kappa shape index (κ3) is 4.99. The molecule has 1 atom stereocenters. The van der Waals surface area contributed by atoms with Crippen molar-refractivity contribution in [2.75, 3.05) is 0 Å². The Bertz CT molecular complexity index is 1720. The van der Waals surface area contributed by atoms with Gasteiger partial charge < -0.3 is 0 Å². The first-order chi connectivity index (χ1) is 18.3. The van der Waals surface area contributed by atoms with Crippen LogP contribution < -0.4 is 0 Å². The number of halogens is 3. The van der Waals surface area contributed by atoms with E-state index in [1.807, 2.05) is 32.0 Å². The molecule has 5 aromatic rings. The van der Waals surface area contributed by atoms with E-state index in [-0.39, 0.29) is 21.6 Å². The van der Waals surface area contributed by atoms with E-state index in [9.17, 15) is 17.4 Å². The van der Waals surface area contributed by atoms with Gasteiger partial charge in [0.2, 0.25) is 0 Å². The molecule has 0 bridgehead atoms. The molecule has 2 heterocycles. The van der Waals surface area contributed by atoms with Crippen LogP contribution in [0.2, 0.25) is 0 Å². The van der Waals surface area contributed by atoms with Gasteiger partial charge in [-0.2, -0.15) is 4.36 Å². The molecule has 3 aromatic carbocycles. The lowest BCUT2D eigenvalue weighted by atomic mass is 10.1. The van der Waals surface area contributed by atoms with Gasteiger partial charge in [0, 0.05) is 21.9 Å². The van der Waals surface area contributed by atoms with Gasteiger partial charge in [-0.25, -0.2) is 27.3 Å². The van der Waals surface area contributed by atoms with E-state index in [2.05, 4.69) is 14.3 Å². The molecule has 2 aromatic heterocycles. The van der Waals surface area contributed by atoms with Gasteiger partial charge in [-0.05, 0) is 67.9 Å². The average Bonchev–Trinajstić information content (AvgIpc) is 3.34. The average molecular weight is 550 g/mol. The maximum absolute atomic E-state index is 14.6. The fraction of sp³-hybridized carbons (Fsp3) is 0.103. The third-order valence-electron chi connectivity index (χ3n) is 5.86. The Kier molecular flexibility index (Phi) is 7.14. The molecule has 1 unspecified atom stereocenters. The first kappa shape index (κ1) is 25.8.